The van der Waals surface area contributed by atoms with Crippen LogP contribution in [0.5, 0.6) is 0 Å². The van der Waals surface area contributed by atoms with Crippen LogP contribution in [-0.2, 0) is 4.74 Å². The molecule has 0 spiro atoms. The molecule has 1 fully saturated rings. The second kappa shape index (κ2) is 4.43. The van der Waals surface area contributed by atoms with Crippen molar-refractivity contribution >= 4 is 0 Å². The maximum atomic E-state index is 5.71. The van der Waals surface area contributed by atoms with Crippen molar-refractivity contribution in [1.82, 2.24) is 4.90 Å². The molecule has 0 radical (unpaired) electrons. The highest BCUT2D eigenvalue weighted by atomic mass is 16.5. The molecule has 0 aromatic carbocycles. The van der Waals surface area contributed by atoms with Crippen LogP contribution < -0.4 is 0 Å². The van der Waals surface area contributed by atoms with E-state index in [1.807, 2.05) is 0 Å². The van der Waals surface area contributed by atoms with Crippen molar-refractivity contribution in [3.05, 3.63) is 0 Å². The fourth-order valence-electron chi connectivity index (χ4n) is 1.84. The SMILES string of the molecule is CC(C)OCC1(C)CCCCN1C. The Morgan fingerprint density at radius 1 is 1.38 bits per heavy atom. The zero-order valence-electron chi connectivity index (χ0n) is 9.47. The van der Waals surface area contributed by atoms with Crippen molar-refractivity contribution in [1.29, 1.82) is 0 Å². The number of rotatable bonds is 3. The summed E-state index contributed by atoms with van der Waals surface area (Å²) in [6, 6.07) is 0. The zero-order valence-corrected chi connectivity index (χ0v) is 9.47. The molecule has 1 atom stereocenters. The van der Waals surface area contributed by atoms with E-state index in [2.05, 4.69) is 32.7 Å². The quantitative estimate of drug-likeness (QED) is 0.669. The van der Waals surface area contributed by atoms with E-state index in [0.717, 1.165) is 6.61 Å². The first-order valence-electron chi connectivity index (χ1n) is 5.37. The molecule has 0 bridgehead atoms. The molecular formula is C11H23NO. The third-order valence-electron chi connectivity index (χ3n) is 3.11. The summed E-state index contributed by atoms with van der Waals surface area (Å²) in [5.41, 5.74) is 0.280. The third-order valence-corrected chi connectivity index (χ3v) is 3.11. The monoisotopic (exact) mass is 185 g/mol. The van der Waals surface area contributed by atoms with Gasteiger partial charge in [0.2, 0.25) is 0 Å². The Morgan fingerprint density at radius 3 is 2.62 bits per heavy atom. The van der Waals surface area contributed by atoms with Crippen molar-refractivity contribution in [2.45, 2.75) is 51.7 Å². The summed E-state index contributed by atoms with van der Waals surface area (Å²) in [5, 5.41) is 0. The molecule has 0 N–H and O–H groups in total. The predicted molar refractivity (Wildman–Crippen MR) is 56.0 cm³/mol. The fourth-order valence-corrected chi connectivity index (χ4v) is 1.84. The average Bonchev–Trinajstić information content (AvgIpc) is 2.07. The number of hydrogen-bond acceptors (Lipinski definition) is 2. The number of likely N-dealkylation sites (N-methyl/N-ethyl adjacent to an activating group) is 1. The van der Waals surface area contributed by atoms with Gasteiger partial charge in [-0.05, 0) is 47.2 Å². The lowest BCUT2D eigenvalue weighted by atomic mass is 9.90. The second-order valence-corrected chi connectivity index (χ2v) is 4.74. The minimum Gasteiger partial charge on any atom is -0.377 e. The first-order chi connectivity index (χ1) is 6.04. The Morgan fingerprint density at radius 2 is 2.08 bits per heavy atom. The van der Waals surface area contributed by atoms with E-state index in [0.29, 0.717) is 6.10 Å². The molecule has 1 saturated heterocycles. The fraction of sp³-hybridized carbons (Fsp3) is 1.00. The second-order valence-electron chi connectivity index (χ2n) is 4.74. The van der Waals surface area contributed by atoms with Crippen molar-refractivity contribution in [3.8, 4) is 0 Å². The van der Waals surface area contributed by atoms with Gasteiger partial charge in [0.1, 0.15) is 0 Å². The topological polar surface area (TPSA) is 12.5 Å². The Balaban J connectivity index is 2.42. The van der Waals surface area contributed by atoms with Gasteiger partial charge in [-0.25, -0.2) is 0 Å². The van der Waals surface area contributed by atoms with Gasteiger partial charge in [0.25, 0.3) is 0 Å². The molecule has 1 rings (SSSR count). The van der Waals surface area contributed by atoms with Gasteiger partial charge in [0.15, 0.2) is 0 Å². The summed E-state index contributed by atoms with van der Waals surface area (Å²) in [6.07, 6.45) is 4.32. The highest BCUT2D eigenvalue weighted by molar-refractivity contribution is 4.87. The summed E-state index contributed by atoms with van der Waals surface area (Å²) >= 11 is 0. The maximum Gasteiger partial charge on any atom is 0.0651 e. The van der Waals surface area contributed by atoms with Crippen LogP contribution in [0.3, 0.4) is 0 Å². The van der Waals surface area contributed by atoms with Gasteiger partial charge in [-0.1, -0.05) is 6.42 Å². The van der Waals surface area contributed by atoms with Crippen LogP contribution in [-0.4, -0.2) is 36.7 Å². The van der Waals surface area contributed by atoms with Gasteiger partial charge in [-0.2, -0.15) is 0 Å². The van der Waals surface area contributed by atoms with E-state index in [-0.39, 0.29) is 5.54 Å². The van der Waals surface area contributed by atoms with E-state index in [1.54, 1.807) is 0 Å². The number of likely N-dealkylation sites (tertiary alicyclic amines) is 1. The normalized spacial score (nSPS) is 31.2. The van der Waals surface area contributed by atoms with Crippen LogP contribution >= 0.6 is 0 Å². The molecule has 0 aliphatic carbocycles. The molecule has 0 saturated carbocycles. The van der Waals surface area contributed by atoms with Crippen LogP contribution in [0.25, 0.3) is 0 Å². The molecule has 0 amide bonds. The van der Waals surface area contributed by atoms with Crippen LogP contribution in [0.15, 0.2) is 0 Å². The molecule has 0 aromatic heterocycles. The lowest BCUT2D eigenvalue weighted by Gasteiger charge is -2.42. The Labute approximate surface area is 82.3 Å². The van der Waals surface area contributed by atoms with Crippen molar-refractivity contribution in [3.63, 3.8) is 0 Å². The lowest BCUT2D eigenvalue weighted by molar-refractivity contribution is -0.0296. The smallest absolute Gasteiger partial charge is 0.0651 e. The summed E-state index contributed by atoms with van der Waals surface area (Å²) in [4.78, 5) is 2.44. The summed E-state index contributed by atoms with van der Waals surface area (Å²) in [5.74, 6) is 0. The van der Waals surface area contributed by atoms with Crippen LogP contribution in [0, 0.1) is 0 Å². The van der Waals surface area contributed by atoms with E-state index < -0.39 is 0 Å². The molecule has 1 unspecified atom stereocenters. The van der Waals surface area contributed by atoms with Crippen molar-refractivity contribution in [2.24, 2.45) is 0 Å². The standard InChI is InChI=1S/C11H23NO/c1-10(2)13-9-11(3)7-5-6-8-12(11)4/h10H,5-9H2,1-4H3. The van der Waals surface area contributed by atoms with Gasteiger partial charge in [-0.15, -0.1) is 0 Å². The number of nitrogens with zero attached hydrogens (tertiary/aromatic N) is 1. The van der Waals surface area contributed by atoms with Crippen molar-refractivity contribution < 1.29 is 4.74 Å². The number of hydrogen-bond donors (Lipinski definition) is 0. The Hall–Kier alpha value is -0.0800. The highest BCUT2D eigenvalue weighted by Crippen LogP contribution is 2.26. The molecule has 1 heterocycles. The lowest BCUT2D eigenvalue weighted by Crippen LogP contribution is -2.50. The molecule has 2 nitrogen and oxygen atoms in total. The first kappa shape index (κ1) is 11.0. The van der Waals surface area contributed by atoms with Gasteiger partial charge >= 0.3 is 0 Å². The van der Waals surface area contributed by atoms with Crippen LogP contribution in [0.2, 0.25) is 0 Å². The molecule has 0 aromatic rings. The minimum atomic E-state index is 0.280. The van der Waals surface area contributed by atoms with E-state index in [9.17, 15) is 0 Å². The molecule has 1 aliphatic heterocycles. The molecule has 2 heteroatoms. The number of piperidine rings is 1. The summed E-state index contributed by atoms with van der Waals surface area (Å²) < 4.78 is 5.71. The van der Waals surface area contributed by atoms with E-state index >= 15 is 0 Å². The predicted octanol–water partition coefficient (Wildman–Crippen LogP) is 2.29. The van der Waals surface area contributed by atoms with Gasteiger partial charge in [0, 0.05) is 5.54 Å². The summed E-state index contributed by atoms with van der Waals surface area (Å²) in [7, 11) is 2.21. The van der Waals surface area contributed by atoms with Crippen LogP contribution in [0.1, 0.15) is 40.0 Å². The number of ether oxygens (including phenoxy) is 1. The largest absolute Gasteiger partial charge is 0.377 e. The van der Waals surface area contributed by atoms with Gasteiger partial charge in [0.05, 0.1) is 12.7 Å². The minimum absolute atomic E-state index is 0.280. The van der Waals surface area contributed by atoms with E-state index in [4.69, 9.17) is 4.74 Å². The first-order valence-corrected chi connectivity index (χ1v) is 5.37. The summed E-state index contributed by atoms with van der Waals surface area (Å²) in [6.45, 7) is 8.62. The Kier molecular flexibility index (Phi) is 3.74. The average molecular weight is 185 g/mol. The molecule has 1 aliphatic rings. The van der Waals surface area contributed by atoms with Gasteiger partial charge < -0.3 is 4.74 Å². The Bertz CT molecular complexity index is 158. The molecule has 13 heavy (non-hydrogen) atoms. The van der Waals surface area contributed by atoms with Crippen molar-refractivity contribution in [2.75, 3.05) is 20.2 Å². The van der Waals surface area contributed by atoms with E-state index in [1.165, 1.54) is 25.8 Å². The maximum absolute atomic E-state index is 5.71. The highest BCUT2D eigenvalue weighted by Gasteiger charge is 2.31. The molecular weight excluding hydrogens is 162 g/mol. The zero-order chi connectivity index (χ0) is 9.90. The van der Waals surface area contributed by atoms with Gasteiger partial charge in [-0.3, -0.25) is 4.90 Å². The molecule has 78 valence electrons. The third kappa shape index (κ3) is 2.96. The van der Waals surface area contributed by atoms with Crippen LogP contribution in [0.4, 0.5) is 0 Å².